The topological polar surface area (TPSA) is 55.4 Å². The molecule has 0 aliphatic heterocycles. The molecule has 0 heterocycles. The zero-order valence-electron chi connectivity index (χ0n) is 12.0. The highest BCUT2D eigenvalue weighted by atomic mass is 79.9. The molecule has 7 heteroatoms. The van der Waals surface area contributed by atoms with Gasteiger partial charge in [-0.2, -0.15) is 0 Å². The van der Waals surface area contributed by atoms with Gasteiger partial charge in [-0.1, -0.05) is 22.0 Å². The Morgan fingerprint density at radius 1 is 1.18 bits per heavy atom. The summed E-state index contributed by atoms with van der Waals surface area (Å²) >= 11 is 3.25. The maximum atomic E-state index is 13.7. The van der Waals surface area contributed by atoms with Crippen molar-refractivity contribution in [2.75, 3.05) is 7.11 Å². The zero-order chi connectivity index (χ0) is 16.3. The van der Waals surface area contributed by atoms with E-state index in [1.165, 1.54) is 31.4 Å². The first-order chi connectivity index (χ1) is 10.3. The lowest BCUT2D eigenvalue weighted by Crippen LogP contribution is -2.26. The first kappa shape index (κ1) is 16.9. The number of ether oxygens (including phenoxy) is 1. The second-order valence-electron chi connectivity index (χ2n) is 4.69. The van der Waals surface area contributed by atoms with Crippen LogP contribution in [0.4, 0.5) is 4.39 Å². The standard InChI is InChI=1S/C15H15BrFNO3S/c1-10(11-3-8-15(21-2)14(17)9-11)18-22(19,20)13-6-4-12(16)5-7-13/h3-10,18H,1-2H3. The summed E-state index contributed by atoms with van der Waals surface area (Å²) in [7, 11) is -2.30. The van der Waals surface area contributed by atoms with E-state index in [-0.39, 0.29) is 10.6 Å². The van der Waals surface area contributed by atoms with Crippen molar-refractivity contribution >= 4 is 26.0 Å². The second-order valence-corrected chi connectivity index (χ2v) is 7.32. The zero-order valence-corrected chi connectivity index (χ0v) is 14.4. The highest BCUT2D eigenvalue weighted by molar-refractivity contribution is 9.10. The van der Waals surface area contributed by atoms with Crippen LogP contribution in [0.1, 0.15) is 18.5 Å². The SMILES string of the molecule is COc1ccc(C(C)NS(=O)(=O)c2ccc(Br)cc2)cc1F. The van der Waals surface area contributed by atoms with Crippen LogP contribution < -0.4 is 9.46 Å². The molecule has 2 aromatic carbocycles. The van der Waals surface area contributed by atoms with E-state index < -0.39 is 21.9 Å². The maximum absolute atomic E-state index is 13.7. The fourth-order valence-electron chi connectivity index (χ4n) is 1.93. The molecule has 118 valence electrons. The Labute approximate surface area is 137 Å². The quantitative estimate of drug-likeness (QED) is 0.851. The molecule has 0 saturated carbocycles. The molecule has 0 amide bonds. The van der Waals surface area contributed by atoms with E-state index in [1.54, 1.807) is 25.1 Å². The molecule has 1 atom stereocenters. The van der Waals surface area contributed by atoms with Gasteiger partial charge in [-0.3, -0.25) is 0 Å². The molecular weight excluding hydrogens is 373 g/mol. The summed E-state index contributed by atoms with van der Waals surface area (Å²) in [6.45, 7) is 1.65. The third kappa shape index (κ3) is 3.85. The molecule has 22 heavy (non-hydrogen) atoms. The summed E-state index contributed by atoms with van der Waals surface area (Å²) < 4.78 is 46.4. The van der Waals surface area contributed by atoms with E-state index in [1.807, 2.05) is 0 Å². The molecule has 0 fully saturated rings. The van der Waals surface area contributed by atoms with Crippen LogP contribution in [0, 0.1) is 5.82 Å². The van der Waals surface area contributed by atoms with E-state index in [4.69, 9.17) is 4.74 Å². The highest BCUT2D eigenvalue weighted by Gasteiger charge is 2.19. The van der Waals surface area contributed by atoms with Crippen molar-refractivity contribution in [3.63, 3.8) is 0 Å². The fourth-order valence-corrected chi connectivity index (χ4v) is 3.43. The molecule has 0 aliphatic carbocycles. The van der Waals surface area contributed by atoms with Gasteiger partial charge in [0, 0.05) is 10.5 Å². The van der Waals surface area contributed by atoms with Crippen molar-refractivity contribution in [1.29, 1.82) is 0 Å². The summed E-state index contributed by atoms with van der Waals surface area (Å²) in [5, 5.41) is 0. The van der Waals surface area contributed by atoms with Crippen molar-refractivity contribution in [2.45, 2.75) is 17.9 Å². The Balaban J connectivity index is 2.22. The lowest BCUT2D eigenvalue weighted by Gasteiger charge is -2.15. The summed E-state index contributed by atoms with van der Waals surface area (Å²) in [5.74, 6) is -0.415. The van der Waals surface area contributed by atoms with Crippen LogP contribution >= 0.6 is 15.9 Å². The van der Waals surface area contributed by atoms with Gasteiger partial charge in [0.15, 0.2) is 11.6 Å². The van der Waals surface area contributed by atoms with Crippen molar-refractivity contribution < 1.29 is 17.5 Å². The number of nitrogens with one attached hydrogen (secondary N) is 1. The molecule has 2 rings (SSSR count). The normalized spacial score (nSPS) is 12.9. The van der Waals surface area contributed by atoms with Crippen LogP contribution in [0.5, 0.6) is 5.75 Å². The minimum atomic E-state index is -3.68. The first-order valence-corrected chi connectivity index (χ1v) is 8.72. The Bertz CT molecular complexity index is 763. The Kier molecular flexibility index (Phi) is 5.20. The summed E-state index contributed by atoms with van der Waals surface area (Å²) in [6.07, 6.45) is 0. The monoisotopic (exact) mass is 387 g/mol. The molecule has 4 nitrogen and oxygen atoms in total. The average Bonchev–Trinajstić information content (AvgIpc) is 2.47. The summed E-state index contributed by atoms with van der Waals surface area (Å²) in [6, 6.07) is 10.0. The Hall–Kier alpha value is -1.44. The molecule has 0 aromatic heterocycles. The maximum Gasteiger partial charge on any atom is 0.241 e. The number of hydrogen-bond donors (Lipinski definition) is 1. The van der Waals surface area contributed by atoms with Crippen molar-refractivity contribution in [2.24, 2.45) is 0 Å². The van der Waals surface area contributed by atoms with Gasteiger partial charge >= 0.3 is 0 Å². The third-order valence-electron chi connectivity index (χ3n) is 3.13. The Morgan fingerprint density at radius 3 is 2.36 bits per heavy atom. The van der Waals surface area contributed by atoms with Crippen molar-refractivity contribution in [3.05, 3.63) is 58.3 Å². The van der Waals surface area contributed by atoms with E-state index in [2.05, 4.69) is 20.7 Å². The lowest BCUT2D eigenvalue weighted by molar-refractivity contribution is 0.386. The molecule has 2 aromatic rings. The molecule has 0 spiro atoms. The van der Waals surface area contributed by atoms with Gasteiger partial charge in [0.05, 0.1) is 12.0 Å². The molecular formula is C15H15BrFNO3S. The van der Waals surface area contributed by atoms with E-state index in [0.29, 0.717) is 5.56 Å². The van der Waals surface area contributed by atoms with Crippen LogP contribution in [0.3, 0.4) is 0 Å². The van der Waals surface area contributed by atoms with Gasteiger partial charge in [0.2, 0.25) is 10.0 Å². The van der Waals surface area contributed by atoms with E-state index >= 15 is 0 Å². The fraction of sp³-hybridized carbons (Fsp3) is 0.200. The van der Waals surface area contributed by atoms with Gasteiger partial charge in [0.1, 0.15) is 0 Å². The predicted octanol–water partition coefficient (Wildman–Crippen LogP) is 3.64. The molecule has 0 radical (unpaired) electrons. The largest absolute Gasteiger partial charge is 0.494 e. The molecule has 0 saturated heterocycles. The van der Waals surface area contributed by atoms with Crippen LogP contribution in [-0.4, -0.2) is 15.5 Å². The average molecular weight is 388 g/mol. The number of halogens is 2. The highest BCUT2D eigenvalue weighted by Crippen LogP contribution is 2.23. The molecule has 0 bridgehead atoms. The molecule has 0 aliphatic rings. The van der Waals surface area contributed by atoms with Gasteiger partial charge in [0.25, 0.3) is 0 Å². The van der Waals surface area contributed by atoms with Gasteiger partial charge in [-0.05, 0) is 48.9 Å². The minimum absolute atomic E-state index is 0.117. The van der Waals surface area contributed by atoms with Crippen molar-refractivity contribution in [1.82, 2.24) is 4.72 Å². The van der Waals surface area contributed by atoms with Gasteiger partial charge in [-0.25, -0.2) is 17.5 Å². The van der Waals surface area contributed by atoms with Crippen LogP contribution in [0.25, 0.3) is 0 Å². The third-order valence-corrected chi connectivity index (χ3v) is 5.22. The number of benzene rings is 2. The minimum Gasteiger partial charge on any atom is -0.494 e. The Morgan fingerprint density at radius 2 is 1.82 bits per heavy atom. The van der Waals surface area contributed by atoms with Crippen LogP contribution in [0.2, 0.25) is 0 Å². The summed E-state index contributed by atoms with van der Waals surface area (Å²) in [5.41, 5.74) is 0.513. The van der Waals surface area contributed by atoms with Crippen molar-refractivity contribution in [3.8, 4) is 5.75 Å². The molecule has 1 unspecified atom stereocenters. The number of sulfonamides is 1. The van der Waals surface area contributed by atoms with Gasteiger partial charge in [-0.15, -0.1) is 0 Å². The van der Waals surface area contributed by atoms with Gasteiger partial charge < -0.3 is 4.74 Å². The lowest BCUT2D eigenvalue weighted by atomic mass is 10.1. The molecule has 1 N–H and O–H groups in total. The van der Waals surface area contributed by atoms with E-state index in [9.17, 15) is 12.8 Å². The van der Waals surface area contributed by atoms with Crippen LogP contribution in [0.15, 0.2) is 51.8 Å². The second kappa shape index (κ2) is 6.76. The van der Waals surface area contributed by atoms with Crippen LogP contribution in [-0.2, 0) is 10.0 Å². The first-order valence-electron chi connectivity index (χ1n) is 6.45. The summed E-state index contributed by atoms with van der Waals surface area (Å²) in [4.78, 5) is 0.150. The smallest absolute Gasteiger partial charge is 0.241 e. The number of rotatable bonds is 5. The predicted molar refractivity (Wildman–Crippen MR) is 85.8 cm³/mol. The number of methoxy groups -OCH3 is 1. The van der Waals surface area contributed by atoms with E-state index in [0.717, 1.165) is 4.47 Å². The number of hydrogen-bond acceptors (Lipinski definition) is 3.